The molecule has 0 heteroatoms. The molecule has 3 aromatic carbocycles. The Hall–Kier alpha value is -2.34. The van der Waals surface area contributed by atoms with E-state index in [2.05, 4.69) is 72.8 Å². The van der Waals surface area contributed by atoms with Crippen LogP contribution in [0.2, 0.25) is 0 Å². The molecule has 0 heterocycles. The monoisotopic (exact) mass is 256 g/mol. The van der Waals surface area contributed by atoms with Gasteiger partial charge < -0.3 is 0 Å². The SMILES string of the molecule is C1=CC(c2c3ccccc3cc3ccccc23)=CCC1. The van der Waals surface area contributed by atoms with E-state index in [1.54, 1.807) is 0 Å². The Morgan fingerprint density at radius 3 is 1.95 bits per heavy atom. The van der Waals surface area contributed by atoms with E-state index in [1.165, 1.54) is 32.7 Å². The number of benzene rings is 3. The van der Waals surface area contributed by atoms with Crippen LogP contribution in [-0.4, -0.2) is 0 Å². The minimum atomic E-state index is 1.14. The number of fused-ring (bicyclic) bond motifs is 2. The van der Waals surface area contributed by atoms with E-state index < -0.39 is 0 Å². The summed E-state index contributed by atoms with van der Waals surface area (Å²) in [6, 6.07) is 19.7. The molecule has 4 rings (SSSR count). The standard InChI is InChI=1S/C20H16/c1-2-8-15(9-3-1)20-18-12-6-4-10-16(18)14-17-11-5-7-13-19(17)20/h2,4-14H,1,3H2. The maximum Gasteiger partial charge on any atom is -0.00301 e. The summed E-state index contributed by atoms with van der Waals surface area (Å²) in [4.78, 5) is 0. The first-order chi connectivity index (χ1) is 9.93. The fourth-order valence-corrected chi connectivity index (χ4v) is 3.12. The van der Waals surface area contributed by atoms with Crippen molar-refractivity contribution in [1.29, 1.82) is 0 Å². The van der Waals surface area contributed by atoms with Gasteiger partial charge in [-0.15, -0.1) is 0 Å². The van der Waals surface area contributed by atoms with Gasteiger partial charge in [0.25, 0.3) is 0 Å². The van der Waals surface area contributed by atoms with Gasteiger partial charge in [0.1, 0.15) is 0 Å². The summed E-state index contributed by atoms with van der Waals surface area (Å²) in [6.45, 7) is 0. The molecule has 0 atom stereocenters. The van der Waals surface area contributed by atoms with E-state index in [0.717, 1.165) is 12.8 Å². The van der Waals surface area contributed by atoms with Crippen molar-refractivity contribution in [3.05, 3.63) is 78.4 Å². The predicted molar refractivity (Wildman–Crippen MR) is 87.8 cm³/mol. The summed E-state index contributed by atoms with van der Waals surface area (Å²) >= 11 is 0. The van der Waals surface area contributed by atoms with Crippen molar-refractivity contribution in [2.24, 2.45) is 0 Å². The Labute approximate surface area is 119 Å². The molecule has 96 valence electrons. The summed E-state index contributed by atoms with van der Waals surface area (Å²) in [5.41, 5.74) is 2.75. The van der Waals surface area contributed by atoms with Gasteiger partial charge in [0.05, 0.1) is 0 Å². The van der Waals surface area contributed by atoms with Crippen LogP contribution in [0.25, 0.3) is 27.1 Å². The lowest BCUT2D eigenvalue weighted by molar-refractivity contribution is 1.04. The Kier molecular flexibility index (Phi) is 2.67. The molecule has 3 aromatic rings. The molecular formula is C20H16. The third kappa shape index (κ3) is 1.77. The minimum Gasteiger partial charge on any atom is -0.0836 e. The highest BCUT2D eigenvalue weighted by atomic mass is 14.1. The predicted octanol–water partition coefficient (Wildman–Crippen LogP) is 5.73. The van der Waals surface area contributed by atoms with Gasteiger partial charge in [0.2, 0.25) is 0 Å². The fraction of sp³-hybridized carbons (Fsp3) is 0.100. The summed E-state index contributed by atoms with van der Waals surface area (Å²) in [5.74, 6) is 0. The largest absolute Gasteiger partial charge is 0.0836 e. The van der Waals surface area contributed by atoms with E-state index in [9.17, 15) is 0 Å². The molecule has 0 aromatic heterocycles. The van der Waals surface area contributed by atoms with Crippen LogP contribution in [0.15, 0.2) is 72.8 Å². The Bertz CT molecular complexity index is 796. The van der Waals surface area contributed by atoms with Crippen LogP contribution in [0.4, 0.5) is 0 Å². The van der Waals surface area contributed by atoms with Crippen molar-refractivity contribution in [2.45, 2.75) is 12.8 Å². The minimum absolute atomic E-state index is 1.14. The normalized spacial score (nSPS) is 14.7. The second kappa shape index (κ2) is 4.64. The maximum atomic E-state index is 2.37. The molecule has 0 aliphatic heterocycles. The first-order valence-electron chi connectivity index (χ1n) is 7.21. The van der Waals surface area contributed by atoms with Gasteiger partial charge in [-0.05, 0) is 51.6 Å². The summed E-state index contributed by atoms with van der Waals surface area (Å²) < 4.78 is 0. The maximum absolute atomic E-state index is 2.37. The quantitative estimate of drug-likeness (QED) is 0.488. The molecule has 0 bridgehead atoms. The van der Waals surface area contributed by atoms with Crippen molar-refractivity contribution in [3.8, 4) is 0 Å². The Balaban J connectivity index is 2.17. The van der Waals surface area contributed by atoms with Crippen LogP contribution in [0, 0.1) is 0 Å². The number of rotatable bonds is 1. The Morgan fingerprint density at radius 1 is 0.700 bits per heavy atom. The van der Waals surface area contributed by atoms with E-state index >= 15 is 0 Å². The zero-order chi connectivity index (χ0) is 13.4. The van der Waals surface area contributed by atoms with E-state index in [-0.39, 0.29) is 0 Å². The Morgan fingerprint density at radius 2 is 1.35 bits per heavy atom. The van der Waals surface area contributed by atoms with Gasteiger partial charge in [0.15, 0.2) is 0 Å². The van der Waals surface area contributed by atoms with Crippen molar-refractivity contribution >= 4 is 27.1 Å². The number of hydrogen-bond donors (Lipinski definition) is 0. The molecule has 20 heavy (non-hydrogen) atoms. The van der Waals surface area contributed by atoms with Crippen LogP contribution in [0.3, 0.4) is 0 Å². The molecule has 0 amide bonds. The molecule has 0 saturated carbocycles. The van der Waals surface area contributed by atoms with Crippen molar-refractivity contribution in [3.63, 3.8) is 0 Å². The molecule has 1 aliphatic rings. The second-order valence-corrected chi connectivity index (χ2v) is 5.33. The lowest BCUT2D eigenvalue weighted by atomic mass is 9.90. The summed E-state index contributed by atoms with van der Waals surface area (Å²) in [6.07, 6.45) is 9.23. The molecular weight excluding hydrogens is 240 g/mol. The highest BCUT2D eigenvalue weighted by Gasteiger charge is 2.10. The second-order valence-electron chi connectivity index (χ2n) is 5.33. The lowest BCUT2D eigenvalue weighted by Gasteiger charge is -2.14. The summed E-state index contributed by atoms with van der Waals surface area (Å²) in [7, 11) is 0. The van der Waals surface area contributed by atoms with Crippen LogP contribution in [-0.2, 0) is 0 Å². The number of hydrogen-bond acceptors (Lipinski definition) is 0. The van der Waals surface area contributed by atoms with Gasteiger partial charge >= 0.3 is 0 Å². The molecule has 0 radical (unpaired) electrons. The smallest absolute Gasteiger partial charge is 0.00301 e. The summed E-state index contributed by atoms with van der Waals surface area (Å²) in [5, 5.41) is 5.34. The molecule has 0 spiro atoms. The number of allylic oxidation sites excluding steroid dienone is 4. The zero-order valence-electron chi connectivity index (χ0n) is 11.3. The van der Waals surface area contributed by atoms with E-state index in [0.29, 0.717) is 0 Å². The molecule has 0 fully saturated rings. The fourth-order valence-electron chi connectivity index (χ4n) is 3.12. The van der Waals surface area contributed by atoms with Gasteiger partial charge in [-0.1, -0.05) is 66.8 Å². The molecule has 0 unspecified atom stereocenters. The van der Waals surface area contributed by atoms with Crippen molar-refractivity contribution in [2.75, 3.05) is 0 Å². The highest BCUT2D eigenvalue weighted by Crippen LogP contribution is 2.35. The van der Waals surface area contributed by atoms with Gasteiger partial charge in [0, 0.05) is 0 Å². The van der Waals surface area contributed by atoms with Crippen LogP contribution in [0.1, 0.15) is 18.4 Å². The molecule has 0 N–H and O–H groups in total. The average Bonchev–Trinajstić information content (AvgIpc) is 2.53. The van der Waals surface area contributed by atoms with Gasteiger partial charge in [-0.25, -0.2) is 0 Å². The van der Waals surface area contributed by atoms with Crippen molar-refractivity contribution < 1.29 is 0 Å². The molecule has 1 aliphatic carbocycles. The first kappa shape index (κ1) is 11.5. The van der Waals surface area contributed by atoms with Crippen molar-refractivity contribution in [1.82, 2.24) is 0 Å². The first-order valence-corrected chi connectivity index (χ1v) is 7.21. The third-order valence-electron chi connectivity index (χ3n) is 4.05. The highest BCUT2D eigenvalue weighted by molar-refractivity contribution is 6.10. The van der Waals surface area contributed by atoms with Gasteiger partial charge in [-0.3, -0.25) is 0 Å². The molecule has 0 nitrogen and oxygen atoms in total. The van der Waals surface area contributed by atoms with E-state index in [4.69, 9.17) is 0 Å². The van der Waals surface area contributed by atoms with Gasteiger partial charge in [-0.2, -0.15) is 0 Å². The third-order valence-corrected chi connectivity index (χ3v) is 4.05. The van der Waals surface area contributed by atoms with E-state index in [1.807, 2.05) is 0 Å². The topological polar surface area (TPSA) is 0 Å². The van der Waals surface area contributed by atoms with Crippen LogP contribution in [0.5, 0.6) is 0 Å². The average molecular weight is 256 g/mol. The lowest BCUT2D eigenvalue weighted by Crippen LogP contribution is -1.90. The van der Waals surface area contributed by atoms with Crippen LogP contribution < -0.4 is 0 Å². The zero-order valence-corrected chi connectivity index (χ0v) is 11.3. The van der Waals surface area contributed by atoms with Crippen LogP contribution >= 0.6 is 0 Å². The molecule has 0 saturated heterocycles.